The van der Waals surface area contributed by atoms with Gasteiger partial charge in [0.05, 0.1) is 18.6 Å². The Labute approximate surface area is 81.4 Å². The van der Waals surface area contributed by atoms with Gasteiger partial charge < -0.3 is 9.13 Å². The molecule has 4 heteroatoms. The SMILES string of the molecule is Cn1cncc1Cn1ccccc1=O. The molecule has 0 amide bonds. The molecule has 0 aliphatic rings. The van der Waals surface area contributed by atoms with Crippen LogP contribution in [0.5, 0.6) is 0 Å². The molecule has 0 saturated carbocycles. The van der Waals surface area contributed by atoms with Crippen LogP contribution in [0.15, 0.2) is 41.7 Å². The van der Waals surface area contributed by atoms with Crippen LogP contribution in [0, 0.1) is 0 Å². The lowest BCUT2D eigenvalue weighted by molar-refractivity contribution is 0.700. The van der Waals surface area contributed by atoms with Crippen molar-refractivity contribution in [3.63, 3.8) is 0 Å². The standard InChI is InChI=1S/C10H11N3O/c1-12-8-11-6-9(12)7-13-5-3-2-4-10(13)14/h2-6,8H,7H2,1H3. The summed E-state index contributed by atoms with van der Waals surface area (Å²) in [4.78, 5) is 15.4. The Hall–Kier alpha value is -1.84. The average Bonchev–Trinajstić information content (AvgIpc) is 2.56. The Morgan fingerprint density at radius 1 is 1.43 bits per heavy atom. The third-order valence-electron chi connectivity index (χ3n) is 2.15. The van der Waals surface area contributed by atoms with E-state index in [-0.39, 0.29) is 5.56 Å². The van der Waals surface area contributed by atoms with Gasteiger partial charge in [-0.3, -0.25) is 4.79 Å². The lowest BCUT2D eigenvalue weighted by Gasteiger charge is -2.04. The Morgan fingerprint density at radius 2 is 2.29 bits per heavy atom. The zero-order chi connectivity index (χ0) is 9.97. The van der Waals surface area contributed by atoms with Crippen molar-refractivity contribution in [3.8, 4) is 0 Å². The van der Waals surface area contributed by atoms with E-state index < -0.39 is 0 Å². The van der Waals surface area contributed by atoms with Crippen LogP contribution in [0.3, 0.4) is 0 Å². The van der Waals surface area contributed by atoms with E-state index in [0.29, 0.717) is 6.54 Å². The van der Waals surface area contributed by atoms with Gasteiger partial charge in [0.25, 0.3) is 5.56 Å². The molecule has 0 aliphatic heterocycles. The largest absolute Gasteiger partial charge is 0.336 e. The first-order valence-corrected chi connectivity index (χ1v) is 4.38. The number of pyridine rings is 1. The van der Waals surface area contributed by atoms with Crippen molar-refractivity contribution in [1.29, 1.82) is 0 Å². The highest BCUT2D eigenvalue weighted by atomic mass is 16.1. The van der Waals surface area contributed by atoms with Crippen molar-refractivity contribution in [3.05, 3.63) is 53.0 Å². The lowest BCUT2D eigenvalue weighted by Crippen LogP contribution is -2.19. The second-order valence-corrected chi connectivity index (χ2v) is 3.16. The fourth-order valence-corrected chi connectivity index (χ4v) is 1.30. The number of rotatable bonds is 2. The molecule has 0 atom stereocenters. The van der Waals surface area contributed by atoms with Crippen LogP contribution >= 0.6 is 0 Å². The molecule has 0 radical (unpaired) electrons. The zero-order valence-corrected chi connectivity index (χ0v) is 7.92. The maximum Gasteiger partial charge on any atom is 0.250 e. The quantitative estimate of drug-likeness (QED) is 0.695. The Kier molecular flexibility index (Phi) is 2.18. The molecule has 0 aromatic carbocycles. The molecule has 0 unspecified atom stereocenters. The highest BCUT2D eigenvalue weighted by molar-refractivity contribution is 5.01. The normalized spacial score (nSPS) is 10.4. The second kappa shape index (κ2) is 3.49. The summed E-state index contributed by atoms with van der Waals surface area (Å²) < 4.78 is 3.55. The number of aromatic nitrogens is 3. The van der Waals surface area contributed by atoms with E-state index in [1.165, 1.54) is 0 Å². The second-order valence-electron chi connectivity index (χ2n) is 3.16. The summed E-state index contributed by atoms with van der Waals surface area (Å²) in [5.41, 5.74) is 1.02. The topological polar surface area (TPSA) is 39.8 Å². The minimum absolute atomic E-state index is 0.00806. The molecular formula is C10H11N3O. The van der Waals surface area contributed by atoms with Crippen LogP contribution in [-0.2, 0) is 13.6 Å². The molecule has 72 valence electrons. The smallest absolute Gasteiger partial charge is 0.250 e. The molecular weight excluding hydrogens is 178 g/mol. The van der Waals surface area contributed by atoms with Crippen molar-refractivity contribution in [2.75, 3.05) is 0 Å². The molecule has 0 N–H and O–H groups in total. The van der Waals surface area contributed by atoms with Crippen molar-refractivity contribution in [2.45, 2.75) is 6.54 Å². The van der Waals surface area contributed by atoms with E-state index in [0.717, 1.165) is 5.69 Å². The van der Waals surface area contributed by atoms with Crippen LogP contribution in [0.1, 0.15) is 5.69 Å². The monoisotopic (exact) mass is 189 g/mol. The number of aryl methyl sites for hydroxylation is 1. The number of hydrogen-bond acceptors (Lipinski definition) is 2. The van der Waals surface area contributed by atoms with Gasteiger partial charge in [-0.15, -0.1) is 0 Å². The van der Waals surface area contributed by atoms with Crippen molar-refractivity contribution < 1.29 is 0 Å². The van der Waals surface area contributed by atoms with E-state index in [1.54, 1.807) is 35.4 Å². The van der Waals surface area contributed by atoms with E-state index in [9.17, 15) is 4.79 Å². The molecule has 14 heavy (non-hydrogen) atoms. The Balaban J connectivity index is 2.32. The number of nitrogens with zero attached hydrogens (tertiary/aromatic N) is 3. The van der Waals surface area contributed by atoms with Gasteiger partial charge in [0, 0.05) is 25.5 Å². The van der Waals surface area contributed by atoms with E-state index >= 15 is 0 Å². The lowest BCUT2D eigenvalue weighted by atomic mass is 10.4. The highest BCUT2D eigenvalue weighted by Gasteiger charge is 1.99. The fraction of sp³-hybridized carbons (Fsp3) is 0.200. The predicted molar refractivity (Wildman–Crippen MR) is 53.0 cm³/mol. The maximum absolute atomic E-state index is 11.4. The first-order chi connectivity index (χ1) is 6.77. The van der Waals surface area contributed by atoms with E-state index in [4.69, 9.17) is 0 Å². The minimum atomic E-state index is 0.00806. The molecule has 4 nitrogen and oxygen atoms in total. The molecule has 0 saturated heterocycles. The van der Waals surface area contributed by atoms with Gasteiger partial charge in [-0.25, -0.2) is 4.98 Å². The maximum atomic E-state index is 11.4. The molecule has 0 spiro atoms. The molecule has 0 aliphatic carbocycles. The van der Waals surface area contributed by atoms with Gasteiger partial charge in [0.15, 0.2) is 0 Å². The first kappa shape index (κ1) is 8.74. The molecule has 0 fully saturated rings. The highest BCUT2D eigenvalue weighted by Crippen LogP contribution is 1.97. The van der Waals surface area contributed by atoms with Crippen molar-refractivity contribution in [2.24, 2.45) is 7.05 Å². The molecule has 2 aromatic rings. The third-order valence-corrected chi connectivity index (χ3v) is 2.15. The molecule has 2 heterocycles. The third kappa shape index (κ3) is 1.59. The average molecular weight is 189 g/mol. The number of hydrogen-bond donors (Lipinski definition) is 0. The Morgan fingerprint density at radius 3 is 2.93 bits per heavy atom. The van der Waals surface area contributed by atoms with E-state index in [2.05, 4.69) is 4.98 Å². The Bertz CT molecular complexity index is 484. The first-order valence-electron chi connectivity index (χ1n) is 4.38. The van der Waals surface area contributed by atoms with Crippen LogP contribution in [0.4, 0.5) is 0 Å². The van der Waals surface area contributed by atoms with Crippen LogP contribution < -0.4 is 5.56 Å². The summed E-state index contributed by atoms with van der Waals surface area (Å²) in [5, 5.41) is 0. The van der Waals surface area contributed by atoms with Gasteiger partial charge in [0.1, 0.15) is 0 Å². The van der Waals surface area contributed by atoms with E-state index in [1.807, 2.05) is 17.7 Å². The summed E-state index contributed by atoms with van der Waals surface area (Å²) >= 11 is 0. The zero-order valence-electron chi connectivity index (χ0n) is 7.92. The van der Waals surface area contributed by atoms with Gasteiger partial charge in [-0.05, 0) is 6.07 Å². The number of imidazole rings is 1. The van der Waals surface area contributed by atoms with Crippen LogP contribution in [-0.4, -0.2) is 14.1 Å². The molecule has 0 bridgehead atoms. The summed E-state index contributed by atoms with van der Waals surface area (Å²) in [6.07, 6.45) is 5.26. The summed E-state index contributed by atoms with van der Waals surface area (Å²) in [7, 11) is 1.91. The fourth-order valence-electron chi connectivity index (χ4n) is 1.30. The van der Waals surface area contributed by atoms with Gasteiger partial charge in [0.2, 0.25) is 0 Å². The van der Waals surface area contributed by atoms with Crippen LogP contribution in [0.2, 0.25) is 0 Å². The van der Waals surface area contributed by atoms with Crippen molar-refractivity contribution in [1.82, 2.24) is 14.1 Å². The van der Waals surface area contributed by atoms with Crippen molar-refractivity contribution >= 4 is 0 Å². The van der Waals surface area contributed by atoms with Crippen LogP contribution in [0.25, 0.3) is 0 Å². The molecule has 2 rings (SSSR count). The summed E-state index contributed by atoms with van der Waals surface area (Å²) in [5.74, 6) is 0. The molecule has 2 aromatic heterocycles. The summed E-state index contributed by atoms with van der Waals surface area (Å²) in [6.45, 7) is 0.566. The van der Waals surface area contributed by atoms with Gasteiger partial charge >= 0.3 is 0 Å². The van der Waals surface area contributed by atoms with Gasteiger partial charge in [-0.1, -0.05) is 6.07 Å². The predicted octanol–water partition coefficient (Wildman–Crippen LogP) is 0.630. The summed E-state index contributed by atoms with van der Waals surface area (Å²) in [6, 6.07) is 5.14. The van der Waals surface area contributed by atoms with Gasteiger partial charge in [-0.2, -0.15) is 0 Å². The minimum Gasteiger partial charge on any atom is -0.336 e.